The molecular weight excluding hydrogens is 334 g/mol. The van der Waals surface area contributed by atoms with Gasteiger partial charge in [0.2, 0.25) is 5.91 Å². The zero-order chi connectivity index (χ0) is 18.0. The summed E-state index contributed by atoms with van der Waals surface area (Å²) in [6, 6.07) is 12.9. The third kappa shape index (κ3) is 4.03. The van der Waals surface area contributed by atoms with E-state index in [0.717, 1.165) is 15.8 Å². The molecule has 0 unspecified atom stereocenters. The van der Waals surface area contributed by atoms with E-state index >= 15 is 0 Å². The minimum atomic E-state index is -0.253. The third-order valence-corrected chi connectivity index (χ3v) is 4.61. The first-order valence-corrected chi connectivity index (χ1v) is 8.83. The summed E-state index contributed by atoms with van der Waals surface area (Å²) in [6.45, 7) is 5.66. The van der Waals surface area contributed by atoms with Crippen molar-refractivity contribution in [2.24, 2.45) is 5.92 Å². The van der Waals surface area contributed by atoms with E-state index in [1.807, 2.05) is 39.0 Å². The monoisotopic (exact) mass is 353 g/mol. The average molecular weight is 353 g/mol. The number of rotatable bonds is 4. The maximum absolute atomic E-state index is 12.5. The predicted molar refractivity (Wildman–Crippen MR) is 102 cm³/mol. The van der Waals surface area contributed by atoms with Crippen LogP contribution in [-0.2, 0) is 4.79 Å². The molecule has 6 heteroatoms. The van der Waals surface area contributed by atoms with Crippen molar-refractivity contribution in [3.63, 3.8) is 0 Å². The first-order valence-electron chi connectivity index (χ1n) is 8.02. The van der Waals surface area contributed by atoms with Gasteiger partial charge in [0, 0.05) is 17.2 Å². The number of benzene rings is 2. The highest BCUT2D eigenvalue weighted by Gasteiger charge is 2.12. The summed E-state index contributed by atoms with van der Waals surface area (Å²) in [4.78, 5) is 28.7. The molecule has 3 aromatic rings. The Balaban J connectivity index is 1.77. The summed E-state index contributed by atoms with van der Waals surface area (Å²) < 4.78 is 1.04. The molecule has 0 fully saturated rings. The number of aromatic nitrogens is 1. The summed E-state index contributed by atoms with van der Waals surface area (Å²) in [5, 5.41) is 6.18. The molecule has 0 saturated carbocycles. The second kappa shape index (κ2) is 7.03. The number of fused-ring (bicyclic) bond motifs is 1. The van der Waals surface area contributed by atoms with Crippen LogP contribution >= 0.6 is 11.3 Å². The van der Waals surface area contributed by atoms with Crippen LogP contribution in [0, 0.1) is 12.8 Å². The van der Waals surface area contributed by atoms with Crippen LogP contribution in [0.5, 0.6) is 0 Å². The zero-order valence-corrected chi connectivity index (χ0v) is 15.1. The molecule has 2 aromatic carbocycles. The molecule has 0 spiro atoms. The van der Waals surface area contributed by atoms with Gasteiger partial charge in [-0.2, -0.15) is 0 Å². The molecular formula is C19H19N3O2S. The largest absolute Gasteiger partial charge is 0.326 e. The van der Waals surface area contributed by atoms with Gasteiger partial charge in [-0.1, -0.05) is 37.3 Å². The second-order valence-corrected chi connectivity index (χ2v) is 7.20. The normalized spacial score (nSPS) is 10.9. The minimum absolute atomic E-state index is 0.0842. The van der Waals surface area contributed by atoms with E-state index in [2.05, 4.69) is 15.6 Å². The Morgan fingerprint density at radius 1 is 1.08 bits per heavy atom. The smallest absolute Gasteiger partial charge is 0.257 e. The number of carbonyl (C=O) groups excluding carboxylic acids is 2. The van der Waals surface area contributed by atoms with Gasteiger partial charge in [-0.3, -0.25) is 14.9 Å². The van der Waals surface area contributed by atoms with Crippen LogP contribution in [0.15, 0.2) is 42.5 Å². The molecule has 0 atom stereocenters. The lowest BCUT2D eigenvalue weighted by Crippen LogP contribution is -2.18. The number of anilines is 2. The van der Waals surface area contributed by atoms with Crippen molar-refractivity contribution in [3.05, 3.63) is 53.6 Å². The quantitative estimate of drug-likeness (QED) is 0.728. The Bertz CT molecular complexity index is 947. The van der Waals surface area contributed by atoms with Crippen LogP contribution in [0.4, 0.5) is 10.8 Å². The van der Waals surface area contributed by atoms with Gasteiger partial charge in [-0.05, 0) is 42.8 Å². The fourth-order valence-electron chi connectivity index (χ4n) is 2.28. The van der Waals surface area contributed by atoms with Gasteiger partial charge >= 0.3 is 0 Å². The van der Waals surface area contributed by atoms with E-state index in [0.29, 0.717) is 16.4 Å². The van der Waals surface area contributed by atoms with Crippen LogP contribution in [0.2, 0.25) is 0 Å². The van der Waals surface area contributed by atoms with Gasteiger partial charge in [0.1, 0.15) is 0 Å². The van der Waals surface area contributed by atoms with Gasteiger partial charge in [0.15, 0.2) is 5.13 Å². The SMILES string of the molecule is Cc1ccc2nc(NC(=O)c3cccc(NC(=O)C(C)C)c3)sc2c1. The Hall–Kier alpha value is -2.73. The van der Waals surface area contributed by atoms with Crippen LogP contribution in [0.3, 0.4) is 0 Å². The standard InChI is InChI=1S/C19H19N3O2S/c1-11(2)17(23)20-14-6-4-5-13(10-14)18(24)22-19-21-15-8-7-12(3)9-16(15)25-19/h4-11H,1-3H3,(H,20,23)(H,21,22,24). The Morgan fingerprint density at radius 2 is 1.88 bits per heavy atom. The van der Waals surface area contributed by atoms with Crippen molar-refractivity contribution >= 4 is 44.2 Å². The third-order valence-electron chi connectivity index (χ3n) is 3.68. The summed E-state index contributed by atoms with van der Waals surface area (Å²) in [5.41, 5.74) is 3.09. The van der Waals surface area contributed by atoms with Crippen LogP contribution < -0.4 is 10.6 Å². The lowest BCUT2D eigenvalue weighted by molar-refractivity contribution is -0.118. The van der Waals surface area contributed by atoms with Crippen molar-refractivity contribution in [2.45, 2.75) is 20.8 Å². The highest BCUT2D eigenvalue weighted by molar-refractivity contribution is 7.22. The van der Waals surface area contributed by atoms with Crippen molar-refractivity contribution in [2.75, 3.05) is 10.6 Å². The number of nitrogens with one attached hydrogen (secondary N) is 2. The number of amides is 2. The number of carbonyl (C=O) groups is 2. The van der Waals surface area contributed by atoms with Gasteiger partial charge in [0.05, 0.1) is 10.2 Å². The van der Waals surface area contributed by atoms with E-state index in [9.17, 15) is 9.59 Å². The molecule has 0 saturated heterocycles. The lowest BCUT2D eigenvalue weighted by Gasteiger charge is -2.09. The van der Waals surface area contributed by atoms with Gasteiger partial charge in [0.25, 0.3) is 5.91 Å². The summed E-state index contributed by atoms with van der Waals surface area (Å²) in [5.74, 6) is -0.459. The fraction of sp³-hybridized carbons (Fsp3) is 0.211. The highest BCUT2D eigenvalue weighted by Crippen LogP contribution is 2.27. The van der Waals surface area contributed by atoms with Crippen LogP contribution in [0.1, 0.15) is 29.8 Å². The first-order chi connectivity index (χ1) is 11.9. The zero-order valence-electron chi connectivity index (χ0n) is 14.3. The van der Waals surface area contributed by atoms with Gasteiger partial charge < -0.3 is 5.32 Å². The van der Waals surface area contributed by atoms with Gasteiger partial charge in [-0.25, -0.2) is 4.98 Å². The Labute approximate surface area is 150 Å². The van der Waals surface area contributed by atoms with Crippen molar-refractivity contribution in [3.8, 4) is 0 Å². The number of nitrogens with zero attached hydrogens (tertiary/aromatic N) is 1. The molecule has 3 rings (SSSR count). The maximum atomic E-state index is 12.5. The topological polar surface area (TPSA) is 71.1 Å². The predicted octanol–water partition coefficient (Wildman–Crippen LogP) is 4.45. The van der Waals surface area contributed by atoms with Crippen LogP contribution in [-0.4, -0.2) is 16.8 Å². The number of aryl methyl sites for hydroxylation is 1. The number of thiazole rings is 1. The molecule has 128 valence electrons. The van der Waals surface area contributed by atoms with Gasteiger partial charge in [-0.15, -0.1) is 0 Å². The van der Waals surface area contributed by atoms with E-state index in [1.165, 1.54) is 11.3 Å². The first kappa shape index (κ1) is 17.1. The molecule has 25 heavy (non-hydrogen) atoms. The Morgan fingerprint density at radius 3 is 2.64 bits per heavy atom. The average Bonchev–Trinajstić information content (AvgIpc) is 2.96. The molecule has 2 amide bonds. The molecule has 0 aliphatic carbocycles. The van der Waals surface area contributed by atoms with Crippen molar-refractivity contribution in [1.29, 1.82) is 0 Å². The van der Waals surface area contributed by atoms with Crippen LogP contribution in [0.25, 0.3) is 10.2 Å². The number of hydrogen-bond acceptors (Lipinski definition) is 4. The van der Waals surface area contributed by atoms with E-state index in [-0.39, 0.29) is 17.7 Å². The molecule has 5 nitrogen and oxygen atoms in total. The molecule has 1 aromatic heterocycles. The lowest BCUT2D eigenvalue weighted by atomic mass is 10.1. The van der Waals surface area contributed by atoms with E-state index < -0.39 is 0 Å². The second-order valence-electron chi connectivity index (χ2n) is 6.17. The van der Waals surface area contributed by atoms with Crippen molar-refractivity contribution in [1.82, 2.24) is 4.98 Å². The highest BCUT2D eigenvalue weighted by atomic mass is 32.1. The molecule has 1 heterocycles. The summed E-state index contributed by atoms with van der Waals surface area (Å²) in [7, 11) is 0. The Kier molecular flexibility index (Phi) is 4.81. The summed E-state index contributed by atoms with van der Waals surface area (Å²) in [6.07, 6.45) is 0. The number of hydrogen-bond donors (Lipinski definition) is 2. The fourth-order valence-corrected chi connectivity index (χ4v) is 3.24. The molecule has 2 N–H and O–H groups in total. The molecule has 0 radical (unpaired) electrons. The van der Waals surface area contributed by atoms with Crippen molar-refractivity contribution < 1.29 is 9.59 Å². The molecule has 0 aliphatic rings. The molecule has 0 bridgehead atoms. The van der Waals surface area contributed by atoms with E-state index in [1.54, 1.807) is 24.3 Å². The maximum Gasteiger partial charge on any atom is 0.257 e. The minimum Gasteiger partial charge on any atom is -0.326 e. The molecule has 0 aliphatic heterocycles. The summed E-state index contributed by atoms with van der Waals surface area (Å²) >= 11 is 1.44. The van der Waals surface area contributed by atoms with E-state index in [4.69, 9.17) is 0 Å².